The molecule has 2 heterocycles. The number of carboxylic acid groups (broad SMARTS) is 1. The van der Waals surface area contributed by atoms with Gasteiger partial charge in [-0.05, 0) is 50.8 Å². The number of anilines is 2. The van der Waals surface area contributed by atoms with Crippen molar-refractivity contribution in [3.05, 3.63) is 40.9 Å². The van der Waals surface area contributed by atoms with Gasteiger partial charge in [-0.3, -0.25) is 9.69 Å². The third-order valence-electron chi connectivity index (χ3n) is 4.61. The van der Waals surface area contributed by atoms with E-state index < -0.39 is 5.97 Å². The molecule has 6 heteroatoms. The summed E-state index contributed by atoms with van der Waals surface area (Å²) >= 11 is 1.63. The first-order chi connectivity index (χ1) is 12.1. The zero-order valence-corrected chi connectivity index (χ0v) is 15.4. The van der Waals surface area contributed by atoms with Crippen LogP contribution in [0.3, 0.4) is 0 Å². The van der Waals surface area contributed by atoms with Crippen LogP contribution in [0.25, 0.3) is 0 Å². The van der Waals surface area contributed by atoms with Crippen molar-refractivity contribution in [1.82, 2.24) is 9.88 Å². The summed E-state index contributed by atoms with van der Waals surface area (Å²) in [6, 6.07) is 8.30. The third-order valence-corrected chi connectivity index (χ3v) is 5.42. The van der Waals surface area contributed by atoms with Crippen LogP contribution in [0.1, 0.15) is 36.9 Å². The molecule has 1 aliphatic rings. The Balaban J connectivity index is 1.52. The van der Waals surface area contributed by atoms with Crippen LogP contribution in [0.5, 0.6) is 0 Å². The molecule has 1 atom stereocenters. The van der Waals surface area contributed by atoms with Crippen molar-refractivity contribution >= 4 is 28.1 Å². The first-order valence-corrected chi connectivity index (χ1v) is 9.69. The standard InChI is InChI=1S/C19H25N3O2S/c1-14-4-7-16(8-5-14)20-19-21-17(13-25-19)12-22-10-2-3-15(11-22)6-9-18(23)24/h4-5,7-8,13,15H,2-3,6,9-12H2,1H3,(H,20,21)(H,23,24). The van der Waals surface area contributed by atoms with Gasteiger partial charge >= 0.3 is 5.97 Å². The molecule has 0 bridgehead atoms. The number of aryl methyl sites for hydroxylation is 1. The van der Waals surface area contributed by atoms with E-state index in [1.54, 1.807) is 11.3 Å². The molecule has 1 saturated heterocycles. The lowest BCUT2D eigenvalue weighted by Gasteiger charge is -2.32. The molecule has 0 aliphatic carbocycles. The minimum Gasteiger partial charge on any atom is -0.481 e. The van der Waals surface area contributed by atoms with Gasteiger partial charge in [0.1, 0.15) is 0 Å². The molecule has 2 N–H and O–H groups in total. The number of piperidine rings is 1. The number of hydrogen-bond donors (Lipinski definition) is 2. The molecular formula is C19H25N3O2S. The highest BCUT2D eigenvalue weighted by Crippen LogP contribution is 2.25. The maximum atomic E-state index is 10.8. The van der Waals surface area contributed by atoms with Crippen molar-refractivity contribution in [2.24, 2.45) is 5.92 Å². The first-order valence-electron chi connectivity index (χ1n) is 8.81. The van der Waals surface area contributed by atoms with Crippen molar-refractivity contribution in [3.63, 3.8) is 0 Å². The zero-order valence-electron chi connectivity index (χ0n) is 14.6. The molecular weight excluding hydrogens is 334 g/mol. The summed E-state index contributed by atoms with van der Waals surface area (Å²) in [5, 5.41) is 15.2. The van der Waals surface area contributed by atoms with E-state index in [2.05, 4.69) is 46.8 Å². The van der Waals surface area contributed by atoms with Crippen LogP contribution in [-0.2, 0) is 11.3 Å². The Morgan fingerprint density at radius 2 is 2.20 bits per heavy atom. The molecule has 0 saturated carbocycles. The fourth-order valence-corrected chi connectivity index (χ4v) is 4.01. The number of hydrogen-bond acceptors (Lipinski definition) is 5. The average molecular weight is 359 g/mol. The van der Waals surface area contributed by atoms with Crippen LogP contribution in [-0.4, -0.2) is 34.0 Å². The minimum atomic E-state index is -0.691. The van der Waals surface area contributed by atoms with Gasteiger partial charge < -0.3 is 10.4 Å². The number of nitrogens with zero attached hydrogens (tertiary/aromatic N) is 2. The smallest absolute Gasteiger partial charge is 0.303 e. The summed E-state index contributed by atoms with van der Waals surface area (Å²) < 4.78 is 0. The molecule has 134 valence electrons. The zero-order chi connectivity index (χ0) is 17.6. The largest absolute Gasteiger partial charge is 0.481 e. The Kier molecular flexibility index (Phi) is 6.04. The summed E-state index contributed by atoms with van der Waals surface area (Å²) in [7, 11) is 0. The number of nitrogens with one attached hydrogen (secondary N) is 1. The van der Waals surface area contributed by atoms with Gasteiger partial charge in [-0.25, -0.2) is 4.98 Å². The molecule has 0 radical (unpaired) electrons. The SMILES string of the molecule is Cc1ccc(Nc2nc(CN3CCCC(CCC(=O)O)C3)cs2)cc1. The van der Waals surface area contributed by atoms with E-state index in [-0.39, 0.29) is 6.42 Å². The van der Waals surface area contributed by atoms with Gasteiger partial charge in [0.05, 0.1) is 5.69 Å². The van der Waals surface area contributed by atoms with Crippen molar-refractivity contribution in [2.75, 3.05) is 18.4 Å². The number of carboxylic acids is 1. The van der Waals surface area contributed by atoms with E-state index >= 15 is 0 Å². The van der Waals surface area contributed by atoms with E-state index in [9.17, 15) is 4.79 Å². The summed E-state index contributed by atoms with van der Waals surface area (Å²) in [6.45, 7) is 4.97. The molecule has 1 aliphatic heterocycles. The predicted octanol–water partition coefficient (Wildman–Crippen LogP) is 4.27. The predicted molar refractivity (Wildman–Crippen MR) is 101 cm³/mol. The van der Waals surface area contributed by atoms with Crippen LogP contribution >= 0.6 is 11.3 Å². The van der Waals surface area contributed by atoms with Gasteiger partial charge in [-0.15, -0.1) is 11.3 Å². The molecule has 1 aromatic carbocycles. The maximum absolute atomic E-state index is 10.8. The van der Waals surface area contributed by atoms with Crippen molar-refractivity contribution in [3.8, 4) is 0 Å². The minimum absolute atomic E-state index is 0.278. The van der Waals surface area contributed by atoms with Crippen molar-refractivity contribution in [1.29, 1.82) is 0 Å². The summed E-state index contributed by atoms with van der Waals surface area (Å²) in [5.74, 6) is -0.197. The van der Waals surface area contributed by atoms with E-state index in [0.29, 0.717) is 5.92 Å². The van der Waals surface area contributed by atoms with E-state index in [1.165, 1.54) is 5.56 Å². The number of rotatable bonds is 7. The number of benzene rings is 1. The Morgan fingerprint density at radius 1 is 1.40 bits per heavy atom. The lowest BCUT2D eigenvalue weighted by Crippen LogP contribution is -2.35. The lowest BCUT2D eigenvalue weighted by atomic mass is 9.93. The van der Waals surface area contributed by atoms with E-state index in [1.807, 2.05) is 0 Å². The third kappa shape index (κ3) is 5.54. The summed E-state index contributed by atoms with van der Waals surface area (Å²) in [4.78, 5) is 17.9. The Labute approximate surface area is 152 Å². The topological polar surface area (TPSA) is 65.5 Å². The van der Waals surface area contributed by atoms with Crippen LogP contribution in [0, 0.1) is 12.8 Å². The fraction of sp³-hybridized carbons (Fsp3) is 0.474. The van der Waals surface area contributed by atoms with Crippen LogP contribution in [0.4, 0.5) is 10.8 Å². The quantitative estimate of drug-likeness (QED) is 0.773. The molecule has 25 heavy (non-hydrogen) atoms. The molecule has 1 aromatic heterocycles. The molecule has 1 unspecified atom stereocenters. The van der Waals surface area contributed by atoms with Gasteiger partial charge in [0.15, 0.2) is 5.13 Å². The maximum Gasteiger partial charge on any atom is 0.303 e. The van der Waals surface area contributed by atoms with Crippen LogP contribution < -0.4 is 5.32 Å². The van der Waals surface area contributed by atoms with Crippen molar-refractivity contribution < 1.29 is 9.90 Å². The highest BCUT2D eigenvalue weighted by Gasteiger charge is 2.21. The number of aliphatic carboxylic acids is 1. The fourth-order valence-electron chi connectivity index (χ4n) is 3.28. The Hall–Kier alpha value is -1.92. The number of aromatic nitrogens is 1. The average Bonchev–Trinajstić information content (AvgIpc) is 3.02. The van der Waals surface area contributed by atoms with E-state index in [0.717, 1.165) is 55.4 Å². The number of thiazole rings is 1. The first kappa shape index (κ1) is 17.9. The molecule has 3 rings (SSSR count). The number of carbonyl (C=O) groups is 1. The highest BCUT2D eigenvalue weighted by molar-refractivity contribution is 7.13. The number of likely N-dealkylation sites (tertiary alicyclic amines) is 1. The normalized spacial score (nSPS) is 18.2. The Bertz CT molecular complexity index is 699. The van der Waals surface area contributed by atoms with Crippen LogP contribution in [0.2, 0.25) is 0 Å². The van der Waals surface area contributed by atoms with Gasteiger partial charge in [0.2, 0.25) is 0 Å². The Morgan fingerprint density at radius 3 is 2.96 bits per heavy atom. The second-order valence-electron chi connectivity index (χ2n) is 6.81. The summed E-state index contributed by atoms with van der Waals surface area (Å²) in [6.07, 6.45) is 3.34. The molecule has 5 nitrogen and oxygen atoms in total. The molecule has 0 spiro atoms. The second-order valence-corrected chi connectivity index (χ2v) is 7.67. The van der Waals surface area contributed by atoms with Gasteiger partial charge in [-0.1, -0.05) is 17.7 Å². The molecule has 0 amide bonds. The van der Waals surface area contributed by atoms with Crippen molar-refractivity contribution in [2.45, 2.75) is 39.2 Å². The van der Waals surface area contributed by atoms with E-state index in [4.69, 9.17) is 10.1 Å². The molecule has 1 fully saturated rings. The van der Waals surface area contributed by atoms with Gasteiger partial charge in [-0.2, -0.15) is 0 Å². The highest BCUT2D eigenvalue weighted by atomic mass is 32.1. The lowest BCUT2D eigenvalue weighted by molar-refractivity contribution is -0.137. The van der Waals surface area contributed by atoms with Crippen LogP contribution in [0.15, 0.2) is 29.6 Å². The monoisotopic (exact) mass is 359 g/mol. The molecule has 2 aromatic rings. The van der Waals surface area contributed by atoms with Gasteiger partial charge in [0, 0.05) is 30.6 Å². The van der Waals surface area contributed by atoms with Gasteiger partial charge in [0.25, 0.3) is 0 Å². The second kappa shape index (κ2) is 8.45. The summed E-state index contributed by atoms with van der Waals surface area (Å²) in [5.41, 5.74) is 3.38.